The lowest BCUT2D eigenvalue weighted by molar-refractivity contribution is -0.120. The normalized spacial score (nSPS) is 17.9. The number of nitrogens with zero attached hydrogens (tertiary/aromatic N) is 1. The molecule has 6 nitrogen and oxygen atoms in total. The molecule has 0 radical (unpaired) electrons. The van der Waals surface area contributed by atoms with Crippen LogP contribution in [0, 0.1) is 6.92 Å². The first kappa shape index (κ1) is 20.6. The Labute approximate surface area is 170 Å². The molecule has 3 rings (SSSR count). The van der Waals surface area contributed by atoms with E-state index in [9.17, 15) is 13.2 Å². The Kier molecular flexibility index (Phi) is 6.27. The van der Waals surface area contributed by atoms with Crippen LogP contribution in [-0.2, 0) is 14.8 Å². The van der Waals surface area contributed by atoms with Crippen LogP contribution in [0.5, 0.6) is 5.75 Å². The second-order valence-electron chi connectivity index (χ2n) is 6.73. The molecule has 0 saturated carbocycles. The average Bonchev–Trinajstić information content (AvgIpc) is 2.71. The number of halogens is 1. The van der Waals surface area contributed by atoms with Crippen molar-refractivity contribution < 1.29 is 17.9 Å². The number of hydrogen-bond acceptors (Lipinski definition) is 4. The van der Waals surface area contributed by atoms with Crippen molar-refractivity contribution in [3.8, 4) is 5.75 Å². The summed E-state index contributed by atoms with van der Waals surface area (Å²) in [4.78, 5) is 13.2. The number of aryl methyl sites for hydroxylation is 1. The Morgan fingerprint density at radius 1 is 1.21 bits per heavy atom. The number of sulfonamides is 1. The maximum Gasteiger partial charge on any atom is 0.243 e. The standard InChI is InChI=1S/C20H23ClN2O4S/c1-14-12-17(19(27-2)13-16(14)21)22-20(24)18-10-6-7-11-23(18)28(25,26)15-8-4-3-5-9-15/h3-5,8-9,12-13,18H,6-7,10-11H2,1-2H3,(H,22,24)/t18-/m0/s1. The van der Waals surface area contributed by atoms with Gasteiger partial charge in [-0.05, 0) is 43.5 Å². The van der Waals surface area contributed by atoms with Crippen LogP contribution in [0.2, 0.25) is 5.02 Å². The van der Waals surface area contributed by atoms with Crippen molar-refractivity contribution in [1.29, 1.82) is 0 Å². The fourth-order valence-electron chi connectivity index (χ4n) is 3.33. The Morgan fingerprint density at radius 3 is 2.61 bits per heavy atom. The number of carbonyl (C=O) groups excluding carboxylic acids is 1. The molecule has 0 aromatic heterocycles. The van der Waals surface area contributed by atoms with Crippen molar-refractivity contribution in [1.82, 2.24) is 4.31 Å². The van der Waals surface area contributed by atoms with Gasteiger partial charge in [-0.3, -0.25) is 4.79 Å². The van der Waals surface area contributed by atoms with Gasteiger partial charge in [-0.2, -0.15) is 4.31 Å². The molecule has 1 aliphatic rings. The summed E-state index contributed by atoms with van der Waals surface area (Å²) in [5.74, 6) is 0.0523. The summed E-state index contributed by atoms with van der Waals surface area (Å²) in [6.07, 6.45) is 1.97. The van der Waals surface area contributed by atoms with Gasteiger partial charge < -0.3 is 10.1 Å². The summed E-state index contributed by atoms with van der Waals surface area (Å²) in [6.45, 7) is 2.14. The molecule has 0 unspecified atom stereocenters. The molecular formula is C20H23ClN2O4S. The number of ether oxygens (including phenoxy) is 1. The third-order valence-corrected chi connectivity index (χ3v) is 7.17. The summed E-state index contributed by atoms with van der Waals surface area (Å²) in [6, 6.07) is 10.8. The zero-order valence-corrected chi connectivity index (χ0v) is 17.4. The lowest BCUT2D eigenvalue weighted by Gasteiger charge is -2.33. The third-order valence-electron chi connectivity index (χ3n) is 4.84. The van der Waals surface area contributed by atoms with Gasteiger partial charge in [0.25, 0.3) is 0 Å². The molecule has 1 fully saturated rings. The van der Waals surface area contributed by atoms with Crippen LogP contribution >= 0.6 is 11.6 Å². The van der Waals surface area contributed by atoms with Crippen molar-refractivity contribution >= 4 is 33.2 Å². The number of anilines is 1. The fourth-order valence-corrected chi connectivity index (χ4v) is 5.16. The van der Waals surface area contributed by atoms with E-state index in [1.54, 1.807) is 42.5 Å². The van der Waals surface area contributed by atoms with Crippen molar-refractivity contribution in [3.05, 3.63) is 53.1 Å². The molecule has 28 heavy (non-hydrogen) atoms. The average molecular weight is 423 g/mol. The van der Waals surface area contributed by atoms with Crippen LogP contribution in [0.25, 0.3) is 0 Å². The Morgan fingerprint density at radius 2 is 1.93 bits per heavy atom. The molecule has 2 aromatic carbocycles. The van der Waals surface area contributed by atoms with Gasteiger partial charge in [-0.25, -0.2) is 8.42 Å². The highest BCUT2D eigenvalue weighted by Crippen LogP contribution is 2.32. The largest absolute Gasteiger partial charge is 0.495 e. The summed E-state index contributed by atoms with van der Waals surface area (Å²) >= 11 is 6.12. The topological polar surface area (TPSA) is 75.7 Å². The highest BCUT2D eigenvalue weighted by atomic mass is 35.5. The number of rotatable bonds is 5. The number of benzene rings is 2. The molecule has 150 valence electrons. The SMILES string of the molecule is COc1cc(Cl)c(C)cc1NC(=O)[C@@H]1CCCCN1S(=O)(=O)c1ccccc1. The molecule has 1 heterocycles. The van der Waals surface area contributed by atoms with Crippen LogP contribution in [0.4, 0.5) is 5.69 Å². The van der Waals surface area contributed by atoms with Gasteiger partial charge >= 0.3 is 0 Å². The Balaban J connectivity index is 1.89. The number of nitrogens with one attached hydrogen (secondary N) is 1. The number of hydrogen-bond donors (Lipinski definition) is 1. The van der Waals surface area contributed by atoms with E-state index < -0.39 is 16.1 Å². The Hall–Kier alpha value is -2.09. The molecule has 1 aliphatic heterocycles. The summed E-state index contributed by atoms with van der Waals surface area (Å²) in [7, 11) is -2.27. The molecule has 8 heteroatoms. The van der Waals surface area contributed by atoms with Gasteiger partial charge in [-0.15, -0.1) is 0 Å². The van der Waals surface area contributed by atoms with Gasteiger partial charge in [0, 0.05) is 17.6 Å². The number of carbonyl (C=O) groups is 1. The molecule has 2 aromatic rings. The highest BCUT2D eigenvalue weighted by Gasteiger charge is 2.37. The maximum absolute atomic E-state index is 13.1. The highest BCUT2D eigenvalue weighted by molar-refractivity contribution is 7.89. The zero-order chi connectivity index (χ0) is 20.3. The van der Waals surface area contributed by atoms with Crippen LogP contribution in [0.3, 0.4) is 0 Å². The minimum Gasteiger partial charge on any atom is -0.495 e. The first-order valence-corrected chi connectivity index (χ1v) is 10.9. The first-order valence-electron chi connectivity index (χ1n) is 9.06. The third kappa shape index (κ3) is 4.16. The monoisotopic (exact) mass is 422 g/mol. The van der Waals surface area contributed by atoms with E-state index in [-0.39, 0.29) is 10.8 Å². The van der Waals surface area contributed by atoms with Crippen molar-refractivity contribution in [2.45, 2.75) is 37.1 Å². The summed E-state index contributed by atoms with van der Waals surface area (Å²) in [5, 5.41) is 3.35. The predicted molar refractivity (Wildman–Crippen MR) is 109 cm³/mol. The van der Waals surface area contributed by atoms with Crippen LogP contribution in [0.1, 0.15) is 24.8 Å². The van der Waals surface area contributed by atoms with Crippen molar-refractivity contribution in [3.63, 3.8) is 0 Å². The van der Waals surface area contributed by atoms with Crippen LogP contribution < -0.4 is 10.1 Å². The second-order valence-corrected chi connectivity index (χ2v) is 9.03. The summed E-state index contributed by atoms with van der Waals surface area (Å²) in [5.41, 5.74) is 1.26. The predicted octanol–water partition coefficient (Wildman–Crippen LogP) is 3.84. The second kappa shape index (κ2) is 8.51. The van der Waals surface area contributed by atoms with Gasteiger partial charge in [0.15, 0.2) is 0 Å². The smallest absolute Gasteiger partial charge is 0.243 e. The Bertz CT molecular complexity index is 964. The van der Waals surface area contributed by atoms with E-state index >= 15 is 0 Å². The molecule has 0 bridgehead atoms. The van der Waals surface area contributed by atoms with Crippen molar-refractivity contribution in [2.75, 3.05) is 19.0 Å². The maximum atomic E-state index is 13.1. The van der Waals surface area contributed by atoms with Gasteiger partial charge in [-0.1, -0.05) is 36.2 Å². The first-order chi connectivity index (χ1) is 13.3. The lowest BCUT2D eigenvalue weighted by Crippen LogP contribution is -2.49. The number of methoxy groups -OCH3 is 1. The number of piperidine rings is 1. The van der Waals surface area contributed by atoms with Crippen LogP contribution in [0.15, 0.2) is 47.4 Å². The van der Waals surface area contributed by atoms with E-state index in [2.05, 4.69) is 5.32 Å². The fraction of sp³-hybridized carbons (Fsp3) is 0.350. The quantitative estimate of drug-likeness (QED) is 0.794. The molecule has 0 aliphatic carbocycles. The van der Waals surface area contributed by atoms with E-state index in [4.69, 9.17) is 16.3 Å². The van der Waals surface area contributed by atoms with E-state index in [1.165, 1.54) is 11.4 Å². The van der Waals surface area contributed by atoms with E-state index in [1.807, 2.05) is 6.92 Å². The molecule has 1 N–H and O–H groups in total. The molecular weight excluding hydrogens is 400 g/mol. The number of amides is 1. The van der Waals surface area contributed by atoms with E-state index in [0.717, 1.165) is 18.4 Å². The van der Waals surface area contributed by atoms with Gasteiger partial charge in [0.1, 0.15) is 11.8 Å². The minimum atomic E-state index is -3.76. The molecule has 1 atom stereocenters. The molecule has 1 saturated heterocycles. The van der Waals surface area contributed by atoms with Gasteiger partial charge in [0.05, 0.1) is 17.7 Å². The molecule has 0 spiro atoms. The van der Waals surface area contributed by atoms with Crippen molar-refractivity contribution in [2.24, 2.45) is 0 Å². The van der Waals surface area contributed by atoms with E-state index in [0.29, 0.717) is 29.4 Å². The zero-order valence-electron chi connectivity index (χ0n) is 15.8. The van der Waals surface area contributed by atoms with Gasteiger partial charge in [0.2, 0.25) is 15.9 Å². The minimum absolute atomic E-state index is 0.189. The van der Waals surface area contributed by atoms with Crippen LogP contribution in [-0.4, -0.2) is 38.3 Å². The summed E-state index contributed by atoms with van der Waals surface area (Å²) < 4.78 is 32.8. The lowest BCUT2D eigenvalue weighted by atomic mass is 10.0. The molecule has 1 amide bonds.